The molecule has 1 unspecified atom stereocenters. The van der Waals surface area contributed by atoms with Gasteiger partial charge in [-0.3, -0.25) is 4.79 Å². The molecule has 106 valence electrons. The van der Waals surface area contributed by atoms with Crippen molar-refractivity contribution in [1.29, 1.82) is 0 Å². The lowest BCUT2D eigenvalue weighted by Crippen LogP contribution is -2.37. The van der Waals surface area contributed by atoms with Crippen LogP contribution in [0.25, 0.3) is 0 Å². The minimum absolute atomic E-state index is 0.0268. The quantitative estimate of drug-likeness (QED) is 0.840. The summed E-state index contributed by atoms with van der Waals surface area (Å²) >= 11 is 0. The zero-order valence-electron chi connectivity index (χ0n) is 10.8. The first-order chi connectivity index (χ1) is 8.69. The van der Waals surface area contributed by atoms with Gasteiger partial charge in [0.2, 0.25) is 5.91 Å². The summed E-state index contributed by atoms with van der Waals surface area (Å²) in [5.41, 5.74) is 6.34. The maximum atomic E-state index is 13.3. The third-order valence-electron chi connectivity index (χ3n) is 2.58. The van der Waals surface area contributed by atoms with Crippen molar-refractivity contribution >= 4 is 21.4 Å². The van der Waals surface area contributed by atoms with Crippen molar-refractivity contribution in [1.82, 2.24) is 0 Å². The predicted octanol–water partition coefficient (Wildman–Crippen LogP) is 0.835. The highest BCUT2D eigenvalue weighted by Crippen LogP contribution is 2.13. The highest BCUT2D eigenvalue weighted by atomic mass is 32.2. The number of amides is 1. The summed E-state index contributed by atoms with van der Waals surface area (Å²) in [7, 11) is -3.16. The summed E-state index contributed by atoms with van der Waals surface area (Å²) in [5.74, 6) is -1.13. The lowest BCUT2D eigenvalue weighted by molar-refractivity contribution is -0.117. The Balaban J connectivity index is 2.61. The first kappa shape index (κ1) is 15.6. The second kappa shape index (κ2) is 6.12. The van der Waals surface area contributed by atoms with E-state index in [9.17, 15) is 17.6 Å². The highest BCUT2D eigenvalue weighted by Gasteiger charge is 2.16. The summed E-state index contributed by atoms with van der Waals surface area (Å²) in [6.45, 7) is 1.61. The molecule has 1 atom stereocenters. The average molecular weight is 288 g/mol. The molecule has 0 radical (unpaired) electrons. The van der Waals surface area contributed by atoms with Crippen molar-refractivity contribution in [3.63, 3.8) is 0 Å². The fraction of sp³-hybridized carbons (Fsp3) is 0.417. The Morgan fingerprint density at radius 3 is 2.63 bits per heavy atom. The van der Waals surface area contributed by atoms with Crippen LogP contribution in [0.15, 0.2) is 18.2 Å². The molecular formula is C12H17FN2O3S. The van der Waals surface area contributed by atoms with E-state index in [-0.39, 0.29) is 12.2 Å². The van der Waals surface area contributed by atoms with Gasteiger partial charge in [-0.2, -0.15) is 0 Å². The van der Waals surface area contributed by atoms with Crippen LogP contribution >= 0.6 is 0 Å². The molecule has 0 spiro atoms. The van der Waals surface area contributed by atoms with E-state index in [0.717, 1.165) is 6.26 Å². The maximum absolute atomic E-state index is 13.3. The molecule has 0 bridgehead atoms. The lowest BCUT2D eigenvalue weighted by atomic mass is 10.2. The number of carbonyl (C=O) groups excluding carboxylic acids is 1. The van der Waals surface area contributed by atoms with E-state index >= 15 is 0 Å². The monoisotopic (exact) mass is 288 g/mol. The van der Waals surface area contributed by atoms with Gasteiger partial charge in [-0.15, -0.1) is 0 Å². The van der Waals surface area contributed by atoms with Crippen molar-refractivity contribution in [3.8, 4) is 0 Å². The molecule has 3 N–H and O–H groups in total. The van der Waals surface area contributed by atoms with Gasteiger partial charge >= 0.3 is 0 Å². The van der Waals surface area contributed by atoms with Crippen molar-refractivity contribution in [2.24, 2.45) is 5.73 Å². The number of hydrogen-bond acceptors (Lipinski definition) is 4. The van der Waals surface area contributed by atoms with Crippen LogP contribution in [-0.2, 0) is 14.6 Å². The molecule has 0 aliphatic heterocycles. The number of carbonyl (C=O) groups is 1. The number of nitrogens with two attached hydrogens (primary N) is 1. The number of hydrogen-bond donors (Lipinski definition) is 2. The van der Waals surface area contributed by atoms with Crippen molar-refractivity contribution in [2.75, 3.05) is 17.3 Å². The zero-order chi connectivity index (χ0) is 14.6. The highest BCUT2D eigenvalue weighted by molar-refractivity contribution is 7.90. The molecule has 1 amide bonds. The molecule has 0 saturated carbocycles. The van der Waals surface area contributed by atoms with Gasteiger partial charge in [-0.05, 0) is 31.0 Å². The third-order valence-corrected chi connectivity index (χ3v) is 3.55. The normalized spacial score (nSPS) is 13.1. The van der Waals surface area contributed by atoms with Crippen LogP contribution in [0, 0.1) is 12.7 Å². The number of benzene rings is 1. The molecule has 0 aromatic heterocycles. The van der Waals surface area contributed by atoms with Gasteiger partial charge in [0.1, 0.15) is 15.7 Å². The Bertz CT molecular complexity index is 572. The number of sulfone groups is 1. The number of aryl methyl sites for hydroxylation is 1. The Labute approximate surface area is 111 Å². The van der Waals surface area contributed by atoms with Crippen LogP contribution in [0.4, 0.5) is 10.1 Å². The van der Waals surface area contributed by atoms with Crippen molar-refractivity contribution < 1.29 is 17.6 Å². The number of nitrogens with one attached hydrogen (secondary N) is 1. The van der Waals surface area contributed by atoms with E-state index in [0.29, 0.717) is 11.3 Å². The number of rotatable bonds is 5. The Morgan fingerprint density at radius 2 is 2.11 bits per heavy atom. The predicted molar refractivity (Wildman–Crippen MR) is 72.1 cm³/mol. The van der Waals surface area contributed by atoms with Crippen molar-refractivity contribution in [2.45, 2.75) is 19.4 Å². The zero-order valence-corrected chi connectivity index (χ0v) is 11.6. The van der Waals surface area contributed by atoms with Gasteiger partial charge in [0.05, 0.1) is 11.8 Å². The molecule has 0 saturated heterocycles. The number of anilines is 1. The standard InChI is InChI=1S/C12H17FN2O3S/c1-8-3-4-9(7-10(8)13)15-12(16)11(14)5-6-19(2,17)18/h3-4,7,11H,5-6,14H2,1-2H3,(H,15,16). The molecule has 1 aromatic rings. The van der Waals surface area contributed by atoms with Crippen LogP contribution in [0.1, 0.15) is 12.0 Å². The summed E-state index contributed by atoms with van der Waals surface area (Å²) in [6.07, 6.45) is 1.10. The van der Waals surface area contributed by atoms with Gasteiger partial charge in [-0.25, -0.2) is 12.8 Å². The summed E-state index contributed by atoms with van der Waals surface area (Å²) in [4.78, 5) is 11.7. The summed E-state index contributed by atoms with van der Waals surface area (Å²) in [6, 6.07) is 3.34. The van der Waals surface area contributed by atoms with Gasteiger partial charge in [0.15, 0.2) is 0 Å². The summed E-state index contributed by atoms with van der Waals surface area (Å²) in [5, 5.41) is 2.45. The first-order valence-corrected chi connectivity index (χ1v) is 7.75. The third kappa shape index (κ3) is 5.35. The van der Waals surface area contributed by atoms with Crippen LogP contribution in [0.3, 0.4) is 0 Å². The minimum Gasteiger partial charge on any atom is -0.325 e. The molecule has 0 aliphatic rings. The van der Waals surface area contributed by atoms with Gasteiger partial charge in [0.25, 0.3) is 0 Å². The maximum Gasteiger partial charge on any atom is 0.241 e. The summed E-state index contributed by atoms with van der Waals surface area (Å²) < 4.78 is 35.2. The minimum atomic E-state index is -3.16. The molecular weight excluding hydrogens is 271 g/mol. The largest absolute Gasteiger partial charge is 0.325 e. The van der Waals surface area contributed by atoms with E-state index in [1.165, 1.54) is 12.1 Å². The SMILES string of the molecule is Cc1ccc(NC(=O)C(N)CCS(C)(=O)=O)cc1F. The van der Waals surface area contributed by atoms with E-state index in [2.05, 4.69) is 5.32 Å². The molecule has 0 aliphatic carbocycles. The Kier molecular flexibility index (Phi) is 5.02. The fourth-order valence-corrected chi connectivity index (χ4v) is 2.06. The molecule has 0 fully saturated rings. The second-order valence-corrected chi connectivity index (χ2v) is 6.74. The smallest absolute Gasteiger partial charge is 0.241 e. The van der Waals surface area contributed by atoms with E-state index in [1.54, 1.807) is 13.0 Å². The van der Waals surface area contributed by atoms with Crippen molar-refractivity contribution in [3.05, 3.63) is 29.6 Å². The van der Waals surface area contributed by atoms with Crippen LogP contribution in [0.2, 0.25) is 0 Å². The molecule has 1 rings (SSSR count). The van der Waals surface area contributed by atoms with Gasteiger partial charge < -0.3 is 11.1 Å². The molecule has 0 heterocycles. The topological polar surface area (TPSA) is 89.3 Å². The Hall–Kier alpha value is -1.47. The van der Waals surface area contributed by atoms with Crippen LogP contribution < -0.4 is 11.1 Å². The molecule has 1 aromatic carbocycles. The first-order valence-electron chi connectivity index (χ1n) is 5.69. The van der Waals surface area contributed by atoms with E-state index < -0.39 is 27.6 Å². The second-order valence-electron chi connectivity index (χ2n) is 4.48. The van der Waals surface area contributed by atoms with Gasteiger partial charge in [-0.1, -0.05) is 6.07 Å². The van der Waals surface area contributed by atoms with E-state index in [1.807, 2.05) is 0 Å². The number of halogens is 1. The molecule has 5 nitrogen and oxygen atoms in total. The average Bonchev–Trinajstić information content (AvgIpc) is 2.29. The Morgan fingerprint density at radius 1 is 1.47 bits per heavy atom. The van der Waals surface area contributed by atoms with Crippen LogP contribution in [0.5, 0.6) is 0 Å². The molecule has 19 heavy (non-hydrogen) atoms. The lowest BCUT2D eigenvalue weighted by Gasteiger charge is -2.12. The van der Waals surface area contributed by atoms with E-state index in [4.69, 9.17) is 5.73 Å². The molecule has 7 heteroatoms. The van der Waals surface area contributed by atoms with Gasteiger partial charge in [0, 0.05) is 11.9 Å². The van der Waals surface area contributed by atoms with Crippen LogP contribution in [-0.4, -0.2) is 32.4 Å². The fourth-order valence-electron chi connectivity index (χ4n) is 1.38.